The summed E-state index contributed by atoms with van der Waals surface area (Å²) < 4.78 is 28.1. The van der Waals surface area contributed by atoms with Gasteiger partial charge in [0.15, 0.2) is 0 Å². The predicted octanol–water partition coefficient (Wildman–Crippen LogP) is 1.83. The standard InChI is InChI=1S/C17H22N2O2S2/c1-14(18-23(20,21)15-8-3-2-4-9-15)17(16-10-7-13-22-16)19-11-5-6-12-19/h2-4,7-10,13-14,17-18H,5-6,11-12H2,1H3/p+1/t14-,17-/m1/s1. The number of nitrogens with one attached hydrogen (secondary N) is 2. The summed E-state index contributed by atoms with van der Waals surface area (Å²) in [6.45, 7) is 4.20. The van der Waals surface area contributed by atoms with Gasteiger partial charge in [-0.25, -0.2) is 13.1 Å². The number of hydrogen-bond acceptors (Lipinski definition) is 3. The average Bonchev–Trinajstić information content (AvgIpc) is 3.22. The Hall–Kier alpha value is -1.21. The largest absolute Gasteiger partial charge is 0.327 e. The molecule has 1 saturated heterocycles. The molecule has 1 aromatic carbocycles. The summed E-state index contributed by atoms with van der Waals surface area (Å²) in [5, 5.41) is 2.07. The Balaban J connectivity index is 1.82. The molecule has 0 bridgehead atoms. The summed E-state index contributed by atoms with van der Waals surface area (Å²) in [6, 6.07) is 12.8. The monoisotopic (exact) mass is 351 g/mol. The molecule has 2 heterocycles. The van der Waals surface area contributed by atoms with E-state index in [2.05, 4.69) is 16.2 Å². The van der Waals surface area contributed by atoms with Crippen molar-refractivity contribution in [1.29, 1.82) is 0 Å². The van der Waals surface area contributed by atoms with E-state index >= 15 is 0 Å². The quantitative estimate of drug-likeness (QED) is 0.834. The zero-order valence-corrected chi connectivity index (χ0v) is 14.9. The van der Waals surface area contributed by atoms with Crippen molar-refractivity contribution < 1.29 is 13.3 Å². The van der Waals surface area contributed by atoms with Crippen LogP contribution in [0, 0.1) is 0 Å². The molecule has 3 rings (SSSR count). The van der Waals surface area contributed by atoms with E-state index in [9.17, 15) is 8.42 Å². The van der Waals surface area contributed by atoms with Crippen LogP contribution in [0.2, 0.25) is 0 Å². The fourth-order valence-electron chi connectivity index (χ4n) is 3.39. The van der Waals surface area contributed by atoms with Crippen LogP contribution in [-0.2, 0) is 10.0 Å². The summed E-state index contributed by atoms with van der Waals surface area (Å²) in [6.07, 6.45) is 2.44. The van der Waals surface area contributed by atoms with Crippen molar-refractivity contribution in [2.75, 3.05) is 13.1 Å². The van der Waals surface area contributed by atoms with E-state index in [1.165, 1.54) is 22.6 Å². The number of benzene rings is 1. The number of quaternary nitrogens is 1. The van der Waals surface area contributed by atoms with Crippen molar-refractivity contribution in [2.24, 2.45) is 0 Å². The van der Waals surface area contributed by atoms with Gasteiger partial charge in [-0.1, -0.05) is 24.3 Å². The van der Waals surface area contributed by atoms with E-state index in [0.29, 0.717) is 4.90 Å². The molecular weight excluding hydrogens is 328 g/mol. The summed E-state index contributed by atoms with van der Waals surface area (Å²) >= 11 is 1.71. The number of likely N-dealkylation sites (tertiary alicyclic amines) is 1. The SMILES string of the molecule is C[C@@H](NS(=O)(=O)c1ccccc1)[C@H](c1cccs1)[NH+]1CCCC1. The van der Waals surface area contributed by atoms with E-state index in [0.717, 1.165) is 13.1 Å². The second-order valence-electron chi connectivity index (χ2n) is 6.08. The highest BCUT2D eigenvalue weighted by atomic mass is 32.2. The fraction of sp³-hybridized carbons (Fsp3) is 0.412. The van der Waals surface area contributed by atoms with Crippen LogP contribution in [0.3, 0.4) is 0 Å². The molecule has 0 spiro atoms. The Morgan fingerprint density at radius 3 is 2.39 bits per heavy atom. The molecule has 0 amide bonds. The normalized spacial score (nSPS) is 18.8. The minimum absolute atomic E-state index is 0.146. The molecule has 0 saturated carbocycles. The average molecular weight is 352 g/mol. The molecule has 6 heteroatoms. The minimum atomic E-state index is -3.48. The third kappa shape index (κ3) is 3.83. The van der Waals surface area contributed by atoms with E-state index < -0.39 is 10.0 Å². The smallest absolute Gasteiger partial charge is 0.241 e. The number of sulfonamides is 1. The molecule has 1 fully saturated rings. The lowest BCUT2D eigenvalue weighted by Crippen LogP contribution is -3.11. The lowest BCUT2D eigenvalue weighted by Gasteiger charge is -2.29. The first-order chi connectivity index (χ1) is 11.1. The molecule has 0 radical (unpaired) electrons. The highest BCUT2D eigenvalue weighted by molar-refractivity contribution is 7.89. The minimum Gasteiger partial charge on any atom is -0.327 e. The molecule has 2 atom stereocenters. The molecule has 1 aliphatic rings. The Bertz CT molecular complexity index is 708. The van der Waals surface area contributed by atoms with Gasteiger partial charge < -0.3 is 4.90 Å². The van der Waals surface area contributed by atoms with Crippen molar-refractivity contribution in [3.05, 3.63) is 52.7 Å². The van der Waals surface area contributed by atoms with Crippen LogP contribution < -0.4 is 9.62 Å². The number of rotatable bonds is 6. The summed E-state index contributed by atoms with van der Waals surface area (Å²) in [5.41, 5.74) is 0. The first-order valence-corrected chi connectivity index (χ1v) is 10.4. The maximum absolute atomic E-state index is 12.6. The molecule has 2 N–H and O–H groups in total. The predicted molar refractivity (Wildman–Crippen MR) is 93.2 cm³/mol. The van der Waals surface area contributed by atoms with Gasteiger partial charge in [0.05, 0.1) is 28.9 Å². The molecular formula is C17H23N2O2S2+. The molecule has 0 unspecified atom stereocenters. The number of hydrogen-bond donors (Lipinski definition) is 2. The van der Waals surface area contributed by atoms with Gasteiger partial charge in [-0.3, -0.25) is 0 Å². The van der Waals surface area contributed by atoms with E-state index in [4.69, 9.17) is 0 Å². The summed E-state index contributed by atoms with van der Waals surface area (Å²) in [7, 11) is -3.48. The van der Waals surface area contributed by atoms with Crippen LogP contribution in [0.4, 0.5) is 0 Å². The maximum atomic E-state index is 12.6. The van der Waals surface area contributed by atoms with Gasteiger partial charge in [0, 0.05) is 12.8 Å². The molecule has 23 heavy (non-hydrogen) atoms. The molecule has 2 aromatic rings. The van der Waals surface area contributed by atoms with Crippen molar-refractivity contribution >= 4 is 21.4 Å². The van der Waals surface area contributed by atoms with Crippen molar-refractivity contribution in [2.45, 2.75) is 36.7 Å². The van der Waals surface area contributed by atoms with E-state index in [-0.39, 0.29) is 12.1 Å². The highest BCUT2D eigenvalue weighted by Crippen LogP contribution is 2.22. The topological polar surface area (TPSA) is 50.6 Å². The summed E-state index contributed by atoms with van der Waals surface area (Å²) in [4.78, 5) is 3.06. The van der Waals surface area contributed by atoms with Crippen LogP contribution >= 0.6 is 11.3 Å². The second kappa shape index (κ2) is 7.13. The lowest BCUT2D eigenvalue weighted by atomic mass is 10.1. The maximum Gasteiger partial charge on any atom is 0.241 e. The van der Waals surface area contributed by atoms with Gasteiger partial charge in [-0.15, -0.1) is 11.3 Å². The van der Waals surface area contributed by atoms with Gasteiger partial charge >= 0.3 is 0 Å². The van der Waals surface area contributed by atoms with Crippen molar-refractivity contribution in [3.8, 4) is 0 Å². The summed E-state index contributed by atoms with van der Waals surface area (Å²) in [5.74, 6) is 0. The van der Waals surface area contributed by atoms with Gasteiger partial charge in [-0.2, -0.15) is 0 Å². The third-order valence-corrected chi connectivity index (χ3v) is 6.96. The lowest BCUT2D eigenvalue weighted by molar-refractivity contribution is -0.920. The van der Waals surface area contributed by atoms with Crippen molar-refractivity contribution in [1.82, 2.24) is 4.72 Å². The first kappa shape index (κ1) is 16.6. The Morgan fingerprint density at radius 1 is 1.09 bits per heavy atom. The Kier molecular flexibility index (Phi) is 5.16. The van der Waals surface area contributed by atoms with Crippen LogP contribution in [0.15, 0.2) is 52.7 Å². The zero-order chi connectivity index (χ0) is 16.3. The van der Waals surface area contributed by atoms with E-state index in [1.54, 1.807) is 35.6 Å². The highest BCUT2D eigenvalue weighted by Gasteiger charge is 2.35. The van der Waals surface area contributed by atoms with E-state index in [1.807, 2.05) is 19.1 Å². The van der Waals surface area contributed by atoms with Crippen molar-refractivity contribution in [3.63, 3.8) is 0 Å². The second-order valence-corrected chi connectivity index (χ2v) is 8.77. The van der Waals surface area contributed by atoms with Gasteiger partial charge in [0.25, 0.3) is 0 Å². The van der Waals surface area contributed by atoms with Gasteiger partial charge in [0.2, 0.25) is 10.0 Å². The van der Waals surface area contributed by atoms with Crippen LogP contribution in [-0.4, -0.2) is 27.5 Å². The van der Waals surface area contributed by atoms with Crippen LogP contribution in [0.5, 0.6) is 0 Å². The molecule has 1 aliphatic heterocycles. The molecule has 0 aliphatic carbocycles. The third-order valence-electron chi connectivity index (χ3n) is 4.43. The van der Waals surface area contributed by atoms with Crippen LogP contribution in [0.1, 0.15) is 30.7 Å². The van der Waals surface area contributed by atoms with Gasteiger partial charge in [-0.05, 0) is 30.5 Å². The Labute approximate surface area is 142 Å². The van der Waals surface area contributed by atoms with Crippen LogP contribution in [0.25, 0.3) is 0 Å². The Morgan fingerprint density at radius 2 is 1.78 bits per heavy atom. The first-order valence-electron chi connectivity index (χ1n) is 8.03. The van der Waals surface area contributed by atoms with Gasteiger partial charge in [0.1, 0.15) is 6.04 Å². The zero-order valence-electron chi connectivity index (χ0n) is 13.2. The molecule has 4 nitrogen and oxygen atoms in total. The molecule has 124 valence electrons. The number of thiophene rings is 1. The molecule has 1 aromatic heterocycles. The fourth-order valence-corrected chi connectivity index (χ4v) is 5.66.